The summed E-state index contributed by atoms with van der Waals surface area (Å²) in [6, 6.07) is 2.50. The highest BCUT2D eigenvalue weighted by Crippen LogP contribution is 2.37. The Bertz CT molecular complexity index is 454. The summed E-state index contributed by atoms with van der Waals surface area (Å²) >= 11 is 0. The first-order valence-corrected chi connectivity index (χ1v) is 4.58. The molecule has 1 heterocycles. The van der Waals surface area contributed by atoms with Crippen LogP contribution in [0.25, 0.3) is 0 Å². The number of esters is 1. The van der Waals surface area contributed by atoms with Gasteiger partial charge in [-0.2, -0.15) is 0 Å². The van der Waals surface area contributed by atoms with Crippen molar-refractivity contribution in [2.24, 2.45) is 0 Å². The average molecular weight is 211 g/mol. The number of halogens is 1. The minimum absolute atomic E-state index is 0.0564. The van der Waals surface area contributed by atoms with Crippen LogP contribution in [0.2, 0.25) is 0 Å². The van der Waals surface area contributed by atoms with Gasteiger partial charge in [-0.15, -0.1) is 0 Å². The summed E-state index contributed by atoms with van der Waals surface area (Å²) in [6.07, 6.45) is 0.847. The van der Waals surface area contributed by atoms with Gasteiger partial charge in [-0.3, -0.25) is 4.79 Å². The Balaban J connectivity index is 2.42. The molecule has 1 saturated carbocycles. The third kappa shape index (κ3) is 1.65. The minimum Gasteiger partial charge on any atom is -0.465 e. The lowest BCUT2D eigenvalue weighted by Gasteiger charge is -2.04. The number of hydrogen-bond donors (Lipinski definition) is 0. The second kappa shape index (κ2) is 3.49. The molecule has 1 aromatic rings. The zero-order valence-electron chi connectivity index (χ0n) is 8.14. The topological polar surface area (TPSA) is 48.3 Å². The number of aromatic nitrogens is 1. The number of alkyl halides is 1. The molecular formula is C10H10FNO3. The van der Waals surface area contributed by atoms with Gasteiger partial charge in [-0.1, -0.05) is 0 Å². The third-order valence-corrected chi connectivity index (χ3v) is 2.42. The first-order chi connectivity index (χ1) is 7.15. The van der Waals surface area contributed by atoms with Crippen LogP contribution in [-0.2, 0) is 4.74 Å². The zero-order chi connectivity index (χ0) is 11.0. The summed E-state index contributed by atoms with van der Waals surface area (Å²) in [4.78, 5) is 22.9. The van der Waals surface area contributed by atoms with Crippen molar-refractivity contribution >= 4 is 5.97 Å². The Morgan fingerprint density at radius 3 is 2.87 bits per heavy atom. The SMILES string of the molecule is COC(=O)c1cccn([C@@H]2C[C@H]2F)c1=O. The molecule has 80 valence electrons. The maximum atomic E-state index is 12.8. The van der Waals surface area contributed by atoms with Gasteiger partial charge in [0.25, 0.3) is 5.56 Å². The maximum absolute atomic E-state index is 12.8. The van der Waals surface area contributed by atoms with Crippen molar-refractivity contribution in [3.8, 4) is 0 Å². The summed E-state index contributed by atoms with van der Waals surface area (Å²) in [7, 11) is 1.20. The monoisotopic (exact) mass is 211 g/mol. The van der Waals surface area contributed by atoms with E-state index in [9.17, 15) is 14.0 Å². The number of ether oxygens (including phenoxy) is 1. The van der Waals surface area contributed by atoms with Gasteiger partial charge in [-0.05, 0) is 12.1 Å². The lowest BCUT2D eigenvalue weighted by molar-refractivity contribution is 0.0598. The maximum Gasteiger partial charge on any atom is 0.343 e. The molecule has 5 heteroatoms. The second-order valence-corrected chi connectivity index (χ2v) is 3.44. The van der Waals surface area contributed by atoms with Crippen molar-refractivity contribution in [2.75, 3.05) is 7.11 Å². The van der Waals surface area contributed by atoms with E-state index in [1.54, 1.807) is 6.07 Å². The summed E-state index contributed by atoms with van der Waals surface area (Å²) < 4.78 is 18.5. The van der Waals surface area contributed by atoms with Crippen molar-refractivity contribution in [3.63, 3.8) is 0 Å². The third-order valence-electron chi connectivity index (χ3n) is 2.42. The molecule has 2 rings (SSSR count). The number of nitrogens with zero attached hydrogens (tertiary/aromatic N) is 1. The predicted octanol–water partition coefficient (Wildman–Crippen LogP) is 0.918. The molecule has 1 aliphatic carbocycles. The second-order valence-electron chi connectivity index (χ2n) is 3.44. The molecule has 0 radical (unpaired) electrons. The van der Waals surface area contributed by atoms with Crippen LogP contribution in [0.3, 0.4) is 0 Å². The van der Waals surface area contributed by atoms with Crippen LogP contribution < -0.4 is 5.56 Å². The van der Waals surface area contributed by atoms with Gasteiger partial charge < -0.3 is 9.30 Å². The van der Waals surface area contributed by atoms with Gasteiger partial charge in [0.05, 0.1) is 13.2 Å². The van der Waals surface area contributed by atoms with E-state index in [2.05, 4.69) is 4.74 Å². The van der Waals surface area contributed by atoms with Crippen molar-refractivity contribution in [1.29, 1.82) is 0 Å². The van der Waals surface area contributed by atoms with Crippen LogP contribution in [0.4, 0.5) is 4.39 Å². The number of methoxy groups -OCH3 is 1. The van der Waals surface area contributed by atoms with Gasteiger partial charge in [0, 0.05) is 12.6 Å². The van der Waals surface area contributed by atoms with Gasteiger partial charge in [-0.25, -0.2) is 9.18 Å². The number of rotatable bonds is 2. The van der Waals surface area contributed by atoms with Crippen LogP contribution in [-0.4, -0.2) is 23.8 Å². The molecule has 0 saturated heterocycles. The van der Waals surface area contributed by atoms with Gasteiger partial charge in [0.2, 0.25) is 0 Å². The standard InChI is InChI=1S/C10H10FNO3/c1-15-10(14)6-3-2-4-12(9(6)13)8-5-7(8)11/h2-4,7-8H,5H2,1H3/t7-,8-/m1/s1. The Hall–Kier alpha value is -1.65. The van der Waals surface area contributed by atoms with Gasteiger partial charge in [0.1, 0.15) is 11.7 Å². The van der Waals surface area contributed by atoms with E-state index in [0.29, 0.717) is 6.42 Å². The Morgan fingerprint density at radius 2 is 2.33 bits per heavy atom. The first kappa shape index (κ1) is 9.89. The van der Waals surface area contributed by atoms with Gasteiger partial charge >= 0.3 is 5.97 Å². The smallest absolute Gasteiger partial charge is 0.343 e. The molecule has 0 aromatic carbocycles. The van der Waals surface area contributed by atoms with Crippen LogP contribution in [0, 0.1) is 0 Å². The summed E-state index contributed by atoms with van der Waals surface area (Å²) in [5.41, 5.74) is -0.548. The van der Waals surface area contributed by atoms with E-state index in [4.69, 9.17) is 0 Å². The normalized spacial score (nSPS) is 23.6. The Morgan fingerprint density at radius 1 is 1.67 bits per heavy atom. The van der Waals surface area contributed by atoms with Crippen molar-refractivity contribution in [2.45, 2.75) is 18.6 Å². The van der Waals surface area contributed by atoms with Crippen molar-refractivity contribution < 1.29 is 13.9 Å². The highest BCUT2D eigenvalue weighted by molar-refractivity contribution is 5.88. The first-order valence-electron chi connectivity index (χ1n) is 4.58. The lowest BCUT2D eigenvalue weighted by atomic mass is 10.3. The van der Waals surface area contributed by atoms with Gasteiger partial charge in [0.15, 0.2) is 0 Å². The molecule has 0 N–H and O–H groups in total. The van der Waals surface area contributed by atoms with Crippen LogP contribution in [0.5, 0.6) is 0 Å². The number of pyridine rings is 1. The lowest BCUT2D eigenvalue weighted by Crippen LogP contribution is -2.26. The molecule has 0 bridgehead atoms. The van der Waals surface area contributed by atoms with E-state index in [1.807, 2.05) is 0 Å². The molecule has 1 aromatic heterocycles. The fraction of sp³-hybridized carbons (Fsp3) is 0.400. The molecule has 0 spiro atoms. The molecule has 0 amide bonds. The molecule has 1 fully saturated rings. The molecular weight excluding hydrogens is 201 g/mol. The number of hydrogen-bond acceptors (Lipinski definition) is 3. The molecule has 15 heavy (non-hydrogen) atoms. The largest absolute Gasteiger partial charge is 0.465 e. The molecule has 4 nitrogen and oxygen atoms in total. The van der Waals surface area contributed by atoms with E-state index in [-0.39, 0.29) is 5.56 Å². The van der Waals surface area contributed by atoms with Crippen molar-refractivity contribution in [3.05, 3.63) is 34.2 Å². The van der Waals surface area contributed by atoms with Crippen LogP contribution in [0.15, 0.2) is 23.1 Å². The van der Waals surface area contributed by atoms with E-state index in [0.717, 1.165) is 0 Å². The predicted molar refractivity (Wildman–Crippen MR) is 50.6 cm³/mol. The molecule has 0 unspecified atom stereocenters. The fourth-order valence-electron chi connectivity index (χ4n) is 1.48. The van der Waals surface area contributed by atoms with E-state index >= 15 is 0 Å². The highest BCUT2D eigenvalue weighted by Gasteiger charge is 2.40. The van der Waals surface area contributed by atoms with Crippen LogP contribution >= 0.6 is 0 Å². The van der Waals surface area contributed by atoms with E-state index < -0.39 is 23.7 Å². The highest BCUT2D eigenvalue weighted by atomic mass is 19.1. The molecule has 1 aliphatic rings. The summed E-state index contributed by atoms with van der Waals surface area (Å²) in [6.45, 7) is 0. The summed E-state index contributed by atoms with van der Waals surface area (Å²) in [5, 5.41) is 0. The minimum atomic E-state index is -0.976. The van der Waals surface area contributed by atoms with Crippen LogP contribution in [0.1, 0.15) is 22.8 Å². The quantitative estimate of drug-likeness (QED) is 0.683. The van der Waals surface area contributed by atoms with Crippen molar-refractivity contribution in [1.82, 2.24) is 4.57 Å². The number of carbonyl (C=O) groups excluding carboxylic acids is 1. The Labute approximate surface area is 85.3 Å². The Kier molecular flexibility index (Phi) is 2.30. The zero-order valence-corrected chi connectivity index (χ0v) is 8.14. The molecule has 0 aliphatic heterocycles. The van der Waals surface area contributed by atoms with E-state index in [1.165, 1.54) is 23.9 Å². The number of carbonyl (C=O) groups is 1. The molecule has 2 atom stereocenters. The fourth-order valence-corrected chi connectivity index (χ4v) is 1.48. The summed E-state index contributed by atoms with van der Waals surface area (Å²) in [5.74, 6) is -0.689. The average Bonchev–Trinajstić information content (AvgIpc) is 2.94.